The standard InChI is InChI=1S/C20H16Cl2N2O5S/c1-12-6-16(10-23-9-12)30(27,28)24-20-17(7-14(21)8-18(20)22)13-2-4-15(5-3-13)29-11-19(25)26/h2-10,24H,11H2,1H3,(H,25,26). The van der Waals surface area contributed by atoms with Crippen LogP contribution in [0.3, 0.4) is 0 Å². The number of nitrogens with one attached hydrogen (secondary N) is 1. The lowest BCUT2D eigenvalue weighted by atomic mass is 10.0. The zero-order valence-electron chi connectivity index (χ0n) is 15.6. The molecule has 0 aliphatic carbocycles. The fourth-order valence-electron chi connectivity index (χ4n) is 2.65. The van der Waals surface area contributed by atoms with Gasteiger partial charge in [-0.05, 0) is 48.4 Å². The number of aryl methyl sites for hydroxylation is 1. The summed E-state index contributed by atoms with van der Waals surface area (Å²) in [5, 5.41) is 9.14. The zero-order chi connectivity index (χ0) is 21.9. The molecular formula is C20H16Cl2N2O5S. The Labute approximate surface area is 183 Å². The number of hydrogen-bond donors (Lipinski definition) is 2. The quantitative estimate of drug-likeness (QED) is 0.525. The van der Waals surface area contributed by atoms with Gasteiger partial charge in [-0.25, -0.2) is 13.2 Å². The van der Waals surface area contributed by atoms with Gasteiger partial charge in [0.1, 0.15) is 10.6 Å². The van der Waals surface area contributed by atoms with Crippen LogP contribution >= 0.6 is 23.2 Å². The van der Waals surface area contributed by atoms with Gasteiger partial charge in [0.25, 0.3) is 10.0 Å². The number of aliphatic carboxylic acids is 1. The number of sulfonamides is 1. The Bertz CT molecular complexity index is 1200. The van der Waals surface area contributed by atoms with E-state index in [9.17, 15) is 13.2 Å². The molecule has 3 rings (SSSR count). The Balaban J connectivity index is 2.00. The molecule has 0 bridgehead atoms. The molecule has 0 unspecified atom stereocenters. The molecule has 0 aliphatic heterocycles. The molecule has 30 heavy (non-hydrogen) atoms. The van der Waals surface area contributed by atoms with Gasteiger partial charge >= 0.3 is 5.97 Å². The number of carboxylic acids is 1. The highest BCUT2D eigenvalue weighted by Crippen LogP contribution is 2.38. The minimum absolute atomic E-state index is 0.00288. The lowest BCUT2D eigenvalue weighted by Crippen LogP contribution is -2.14. The molecule has 0 saturated heterocycles. The predicted molar refractivity (Wildman–Crippen MR) is 115 cm³/mol. The Hall–Kier alpha value is -2.81. The molecule has 0 saturated carbocycles. The topological polar surface area (TPSA) is 106 Å². The first-order chi connectivity index (χ1) is 14.2. The first-order valence-corrected chi connectivity index (χ1v) is 10.8. The van der Waals surface area contributed by atoms with Crippen LogP contribution in [0.15, 0.2) is 59.8 Å². The van der Waals surface area contributed by atoms with Gasteiger partial charge in [-0.1, -0.05) is 35.3 Å². The van der Waals surface area contributed by atoms with E-state index in [1.807, 2.05) is 0 Å². The second-order valence-electron chi connectivity index (χ2n) is 6.32. The smallest absolute Gasteiger partial charge is 0.341 e. The van der Waals surface area contributed by atoms with Crippen LogP contribution in [-0.4, -0.2) is 31.1 Å². The minimum Gasteiger partial charge on any atom is -0.482 e. The molecule has 10 heteroatoms. The van der Waals surface area contributed by atoms with Gasteiger partial charge in [0, 0.05) is 23.0 Å². The van der Waals surface area contributed by atoms with Crippen LogP contribution in [0, 0.1) is 6.92 Å². The third-order valence-corrected chi connectivity index (χ3v) is 5.81. The Morgan fingerprint density at radius 2 is 1.83 bits per heavy atom. The van der Waals surface area contributed by atoms with Crippen molar-refractivity contribution in [1.29, 1.82) is 0 Å². The number of carboxylic acid groups (broad SMARTS) is 1. The monoisotopic (exact) mass is 466 g/mol. The number of carbonyl (C=O) groups is 1. The van der Waals surface area contributed by atoms with Crippen LogP contribution < -0.4 is 9.46 Å². The third-order valence-electron chi connectivity index (χ3n) is 3.98. The summed E-state index contributed by atoms with van der Waals surface area (Å²) < 4.78 is 33.3. The van der Waals surface area contributed by atoms with E-state index in [0.29, 0.717) is 27.5 Å². The summed E-state index contributed by atoms with van der Waals surface area (Å²) in [4.78, 5) is 14.5. The van der Waals surface area contributed by atoms with E-state index in [4.69, 9.17) is 33.0 Å². The highest BCUT2D eigenvalue weighted by atomic mass is 35.5. The summed E-state index contributed by atoms with van der Waals surface area (Å²) in [6.07, 6.45) is 2.79. The maximum absolute atomic E-state index is 12.9. The van der Waals surface area contributed by atoms with E-state index in [1.54, 1.807) is 43.5 Å². The maximum atomic E-state index is 12.9. The van der Waals surface area contributed by atoms with Crippen molar-refractivity contribution in [2.75, 3.05) is 11.3 Å². The molecule has 3 aromatic rings. The van der Waals surface area contributed by atoms with Gasteiger partial charge in [0.2, 0.25) is 0 Å². The average molecular weight is 467 g/mol. The van der Waals surface area contributed by atoms with E-state index >= 15 is 0 Å². The molecule has 0 atom stereocenters. The molecule has 0 spiro atoms. The van der Waals surface area contributed by atoms with Crippen LogP contribution in [0.1, 0.15) is 5.56 Å². The number of anilines is 1. The van der Waals surface area contributed by atoms with Crippen molar-refractivity contribution in [2.24, 2.45) is 0 Å². The van der Waals surface area contributed by atoms with Gasteiger partial charge in [0.15, 0.2) is 6.61 Å². The number of benzene rings is 2. The number of ether oxygens (including phenoxy) is 1. The largest absolute Gasteiger partial charge is 0.482 e. The van der Waals surface area contributed by atoms with Gasteiger partial charge in [-0.3, -0.25) is 9.71 Å². The van der Waals surface area contributed by atoms with E-state index in [-0.39, 0.29) is 15.6 Å². The van der Waals surface area contributed by atoms with Crippen molar-refractivity contribution in [2.45, 2.75) is 11.8 Å². The minimum atomic E-state index is -3.96. The van der Waals surface area contributed by atoms with Gasteiger partial charge in [-0.2, -0.15) is 0 Å². The predicted octanol–water partition coefficient (Wildman–Crippen LogP) is 4.63. The maximum Gasteiger partial charge on any atom is 0.341 e. The summed E-state index contributed by atoms with van der Waals surface area (Å²) in [7, 11) is -3.96. The summed E-state index contributed by atoms with van der Waals surface area (Å²) in [6.45, 7) is 1.26. The van der Waals surface area contributed by atoms with Crippen molar-refractivity contribution in [3.05, 3.63) is 70.5 Å². The van der Waals surface area contributed by atoms with Crippen molar-refractivity contribution >= 4 is 44.9 Å². The number of halogens is 2. The summed E-state index contributed by atoms with van der Waals surface area (Å²) in [5.74, 6) is -0.745. The highest BCUT2D eigenvalue weighted by Gasteiger charge is 2.20. The van der Waals surface area contributed by atoms with Crippen molar-refractivity contribution in [3.8, 4) is 16.9 Å². The number of pyridine rings is 1. The van der Waals surface area contributed by atoms with E-state index in [2.05, 4.69) is 9.71 Å². The molecule has 0 aliphatic rings. The first-order valence-electron chi connectivity index (χ1n) is 8.54. The molecule has 0 radical (unpaired) electrons. The lowest BCUT2D eigenvalue weighted by molar-refractivity contribution is -0.139. The van der Waals surface area contributed by atoms with Crippen LogP contribution in [0.25, 0.3) is 11.1 Å². The van der Waals surface area contributed by atoms with E-state index < -0.39 is 22.6 Å². The normalized spacial score (nSPS) is 11.2. The lowest BCUT2D eigenvalue weighted by Gasteiger charge is -2.16. The Morgan fingerprint density at radius 3 is 2.47 bits per heavy atom. The third kappa shape index (κ3) is 5.21. The van der Waals surface area contributed by atoms with Crippen LogP contribution in [0.2, 0.25) is 10.0 Å². The molecule has 2 N–H and O–H groups in total. The molecule has 0 fully saturated rings. The number of aromatic nitrogens is 1. The average Bonchev–Trinajstić information content (AvgIpc) is 2.68. The van der Waals surface area contributed by atoms with Gasteiger partial charge < -0.3 is 9.84 Å². The Kier molecular flexibility index (Phi) is 6.50. The fourth-order valence-corrected chi connectivity index (χ4v) is 4.39. The second-order valence-corrected chi connectivity index (χ2v) is 8.85. The zero-order valence-corrected chi connectivity index (χ0v) is 17.9. The first kappa shape index (κ1) is 21.9. The van der Waals surface area contributed by atoms with Gasteiger partial charge in [-0.15, -0.1) is 0 Å². The molecule has 7 nitrogen and oxygen atoms in total. The number of rotatable bonds is 7. The fraction of sp³-hybridized carbons (Fsp3) is 0.100. The molecule has 1 heterocycles. The molecule has 1 aromatic heterocycles. The van der Waals surface area contributed by atoms with E-state index in [0.717, 1.165) is 0 Å². The van der Waals surface area contributed by atoms with Crippen molar-refractivity contribution in [3.63, 3.8) is 0 Å². The number of hydrogen-bond acceptors (Lipinski definition) is 5. The van der Waals surface area contributed by atoms with E-state index in [1.165, 1.54) is 18.3 Å². The highest BCUT2D eigenvalue weighted by molar-refractivity contribution is 7.92. The molecule has 0 amide bonds. The van der Waals surface area contributed by atoms with Crippen LogP contribution in [-0.2, 0) is 14.8 Å². The summed E-state index contributed by atoms with van der Waals surface area (Å²) in [6, 6.07) is 10.9. The Morgan fingerprint density at radius 1 is 1.13 bits per heavy atom. The molecular weight excluding hydrogens is 451 g/mol. The van der Waals surface area contributed by atoms with Gasteiger partial charge in [0.05, 0.1) is 10.7 Å². The van der Waals surface area contributed by atoms with Crippen molar-refractivity contribution in [1.82, 2.24) is 4.98 Å². The SMILES string of the molecule is Cc1cncc(S(=O)(=O)Nc2c(Cl)cc(Cl)cc2-c2ccc(OCC(=O)O)cc2)c1. The summed E-state index contributed by atoms with van der Waals surface area (Å²) in [5.41, 5.74) is 1.89. The summed E-state index contributed by atoms with van der Waals surface area (Å²) >= 11 is 12.4. The molecule has 2 aromatic carbocycles. The van der Waals surface area contributed by atoms with Crippen LogP contribution in [0.5, 0.6) is 5.75 Å². The number of nitrogens with zero attached hydrogens (tertiary/aromatic N) is 1. The molecule has 156 valence electrons. The van der Waals surface area contributed by atoms with Crippen LogP contribution in [0.4, 0.5) is 5.69 Å². The second kappa shape index (κ2) is 8.91. The van der Waals surface area contributed by atoms with Crippen molar-refractivity contribution < 1.29 is 23.1 Å².